The molecule has 0 aromatic rings. The standard InChI is InChI=1S/C13H22N2O.ClH/c1-2-5-13(6-7-13)12(16)15-10-11-3-8-14-9-4-11;/h3,14H,2,4-10H2,1H3,(H,15,16);1H. The van der Waals surface area contributed by atoms with Gasteiger partial charge in [-0.15, -0.1) is 12.4 Å². The van der Waals surface area contributed by atoms with Crippen molar-refractivity contribution in [3.63, 3.8) is 0 Å². The summed E-state index contributed by atoms with van der Waals surface area (Å²) in [6, 6.07) is 0. The Kier molecular flexibility index (Phi) is 5.47. The Morgan fingerprint density at radius 3 is 2.82 bits per heavy atom. The summed E-state index contributed by atoms with van der Waals surface area (Å²) >= 11 is 0. The Morgan fingerprint density at radius 2 is 2.29 bits per heavy atom. The third-order valence-corrected chi connectivity index (χ3v) is 3.70. The van der Waals surface area contributed by atoms with Crippen molar-refractivity contribution in [3.05, 3.63) is 11.6 Å². The fourth-order valence-electron chi connectivity index (χ4n) is 2.43. The molecule has 0 bridgehead atoms. The molecule has 0 saturated heterocycles. The molecule has 4 heteroatoms. The number of nitrogens with one attached hydrogen (secondary N) is 2. The van der Waals surface area contributed by atoms with Crippen LogP contribution in [0.5, 0.6) is 0 Å². The van der Waals surface area contributed by atoms with Crippen LogP contribution in [0.2, 0.25) is 0 Å². The normalized spacial score (nSPS) is 21.1. The molecule has 0 radical (unpaired) electrons. The number of carbonyl (C=O) groups is 1. The molecule has 0 atom stereocenters. The van der Waals surface area contributed by atoms with E-state index in [-0.39, 0.29) is 23.7 Å². The lowest BCUT2D eigenvalue weighted by Gasteiger charge is -2.17. The highest BCUT2D eigenvalue weighted by molar-refractivity contribution is 5.85. The van der Waals surface area contributed by atoms with Gasteiger partial charge >= 0.3 is 0 Å². The molecule has 98 valence electrons. The van der Waals surface area contributed by atoms with Crippen LogP contribution in [-0.2, 0) is 4.79 Å². The van der Waals surface area contributed by atoms with E-state index < -0.39 is 0 Å². The van der Waals surface area contributed by atoms with E-state index in [0.717, 1.165) is 51.7 Å². The summed E-state index contributed by atoms with van der Waals surface area (Å²) < 4.78 is 0. The Labute approximate surface area is 110 Å². The molecule has 3 nitrogen and oxygen atoms in total. The van der Waals surface area contributed by atoms with Gasteiger partial charge in [-0.2, -0.15) is 0 Å². The first kappa shape index (κ1) is 14.5. The fourth-order valence-corrected chi connectivity index (χ4v) is 2.43. The minimum Gasteiger partial charge on any atom is -0.352 e. The first-order valence-electron chi connectivity index (χ1n) is 6.44. The van der Waals surface area contributed by atoms with Gasteiger partial charge in [0, 0.05) is 18.5 Å². The summed E-state index contributed by atoms with van der Waals surface area (Å²) in [6.45, 7) is 4.90. The van der Waals surface area contributed by atoms with Crippen molar-refractivity contribution in [1.29, 1.82) is 0 Å². The van der Waals surface area contributed by atoms with Gasteiger partial charge in [-0.25, -0.2) is 0 Å². The molecule has 17 heavy (non-hydrogen) atoms. The number of halogens is 1. The predicted molar refractivity (Wildman–Crippen MR) is 72.4 cm³/mol. The van der Waals surface area contributed by atoms with Crippen molar-refractivity contribution in [3.8, 4) is 0 Å². The van der Waals surface area contributed by atoms with Crippen LogP contribution in [0.3, 0.4) is 0 Å². The van der Waals surface area contributed by atoms with Gasteiger partial charge in [0.05, 0.1) is 0 Å². The van der Waals surface area contributed by atoms with Crippen LogP contribution in [0, 0.1) is 5.41 Å². The van der Waals surface area contributed by atoms with Crippen molar-refractivity contribution in [2.24, 2.45) is 5.41 Å². The summed E-state index contributed by atoms with van der Waals surface area (Å²) in [5.41, 5.74) is 1.39. The summed E-state index contributed by atoms with van der Waals surface area (Å²) in [7, 11) is 0. The molecule has 0 spiro atoms. The van der Waals surface area contributed by atoms with Crippen molar-refractivity contribution in [2.45, 2.75) is 39.0 Å². The Morgan fingerprint density at radius 1 is 1.53 bits per heavy atom. The lowest BCUT2D eigenvalue weighted by atomic mass is 9.99. The van der Waals surface area contributed by atoms with Gasteiger partial charge < -0.3 is 10.6 Å². The molecule has 2 rings (SSSR count). The fraction of sp³-hybridized carbons (Fsp3) is 0.769. The molecular formula is C13H23ClN2O. The molecule has 1 aliphatic carbocycles. The topological polar surface area (TPSA) is 41.1 Å². The van der Waals surface area contributed by atoms with Crippen LogP contribution in [0.1, 0.15) is 39.0 Å². The maximum absolute atomic E-state index is 12.0. The Hall–Kier alpha value is -0.540. The van der Waals surface area contributed by atoms with E-state index in [2.05, 4.69) is 23.6 Å². The Bertz CT molecular complexity index is 298. The van der Waals surface area contributed by atoms with Crippen LogP contribution in [0.15, 0.2) is 11.6 Å². The molecule has 1 fully saturated rings. The van der Waals surface area contributed by atoms with E-state index in [1.54, 1.807) is 0 Å². The van der Waals surface area contributed by atoms with Crippen LogP contribution in [-0.4, -0.2) is 25.5 Å². The van der Waals surface area contributed by atoms with Gasteiger partial charge in [-0.05, 0) is 32.2 Å². The molecule has 1 saturated carbocycles. The van der Waals surface area contributed by atoms with Crippen molar-refractivity contribution < 1.29 is 4.79 Å². The number of rotatable bonds is 5. The van der Waals surface area contributed by atoms with E-state index in [9.17, 15) is 4.79 Å². The third kappa shape index (κ3) is 3.71. The minimum absolute atomic E-state index is 0. The number of carbonyl (C=O) groups excluding carboxylic acids is 1. The highest BCUT2D eigenvalue weighted by Gasteiger charge is 2.48. The summed E-state index contributed by atoms with van der Waals surface area (Å²) in [4.78, 5) is 12.0. The molecule has 1 amide bonds. The zero-order valence-corrected chi connectivity index (χ0v) is 11.4. The summed E-state index contributed by atoms with van der Waals surface area (Å²) in [5, 5.41) is 6.38. The molecule has 0 unspecified atom stereocenters. The monoisotopic (exact) mass is 258 g/mol. The van der Waals surface area contributed by atoms with E-state index in [1.807, 2.05) is 0 Å². The second-order valence-corrected chi connectivity index (χ2v) is 5.03. The van der Waals surface area contributed by atoms with Gasteiger partial charge in [0.2, 0.25) is 5.91 Å². The van der Waals surface area contributed by atoms with E-state index in [4.69, 9.17) is 0 Å². The number of hydrogen-bond acceptors (Lipinski definition) is 2. The molecule has 0 aromatic heterocycles. The van der Waals surface area contributed by atoms with E-state index in [1.165, 1.54) is 5.57 Å². The zero-order chi connectivity index (χ0) is 11.4. The van der Waals surface area contributed by atoms with Gasteiger partial charge in [0.25, 0.3) is 0 Å². The molecule has 2 N–H and O–H groups in total. The van der Waals surface area contributed by atoms with Crippen molar-refractivity contribution in [2.75, 3.05) is 19.6 Å². The van der Waals surface area contributed by atoms with Gasteiger partial charge in [-0.1, -0.05) is 25.0 Å². The maximum atomic E-state index is 12.0. The second-order valence-electron chi connectivity index (χ2n) is 5.03. The van der Waals surface area contributed by atoms with Crippen LogP contribution in [0.4, 0.5) is 0 Å². The zero-order valence-electron chi connectivity index (χ0n) is 10.6. The van der Waals surface area contributed by atoms with Crippen LogP contribution >= 0.6 is 12.4 Å². The SMILES string of the molecule is CCCC1(C(=O)NCC2=CCNCC2)CC1.Cl. The van der Waals surface area contributed by atoms with E-state index in [0.29, 0.717) is 0 Å². The number of hydrogen-bond donors (Lipinski definition) is 2. The lowest BCUT2D eigenvalue weighted by Crippen LogP contribution is -2.34. The van der Waals surface area contributed by atoms with Gasteiger partial charge in [0.1, 0.15) is 0 Å². The lowest BCUT2D eigenvalue weighted by molar-refractivity contribution is -0.126. The van der Waals surface area contributed by atoms with Crippen molar-refractivity contribution in [1.82, 2.24) is 10.6 Å². The second kappa shape index (κ2) is 6.41. The highest BCUT2D eigenvalue weighted by atomic mass is 35.5. The predicted octanol–water partition coefficient (Wildman–Crippen LogP) is 2.02. The van der Waals surface area contributed by atoms with E-state index >= 15 is 0 Å². The first-order chi connectivity index (χ1) is 7.77. The van der Waals surface area contributed by atoms with Crippen LogP contribution in [0.25, 0.3) is 0 Å². The quantitative estimate of drug-likeness (QED) is 0.741. The molecule has 1 heterocycles. The van der Waals surface area contributed by atoms with Crippen molar-refractivity contribution >= 4 is 18.3 Å². The third-order valence-electron chi connectivity index (χ3n) is 3.70. The molecular weight excluding hydrogens is 236 g/mol. The summed E-state index contributed by atoms with van der Waals surface area (Å²) in [5.74, 6) is 0.286. The minimum atomic E-state index is 0. The average Bonchev–Trinajstić information content (AvgIpc) is 3.09. The first-order valence-corrected chi connectivity index (χ1v) is 6.44. The smallest absolute Gasteiger partial charge is 0.226 e. The largest absolute Gasteiger partial charge is 0.352 e. The maximum Gasteiger partial charge on any atom is 0.226 e. The van der Waals surface area contributed by atoms with Crippen LogP contribution < -0.4 is 10.6 Å². The number of amides is 1. The van der Waals surface area contributed by atoms with Gasteiger partial charge in [0.15, 0.2) is 0 Å². The summed E-state index contributed by atoms with van der Waals surface area (Å²) in [6.07, 6.45) is 7.62. The highest BCUT2D eigenvalue weighted by Crippen LogP contribution is 2.49. The average molecular weight is 259 g/mol. The molecule has 1 aliphatic heterocycles. The molecule has 2 aliphatic rings. The molecule has 0 aromatic carbocycles. The Balaban J connectivity index is 0.00000144. The van der Waals surface area contributed by atoms with Gasteiger partial charge in [-0.3, -0.25) is 4.79 Å².